The van der Waals surface area contributed by atoms with Gasteiger partial charge in [-0.15, -0.1) is 0 Å². The normalized spacial score (nSPS) is 11.2. The van der Waals surface area contributed by atoms with E-state index in [1.807, 2.05) is 0 Å². The van der Waals surface area contributed by atoms with E-state index in [2.05, 4.69) is 15.9 Å². The van der Waals surface area contributed by atoms with Crippen molar-refractivity contribution in [3.63, 3.8) is 0 Å². The van der Waals surface area contributed by atoms with Crippen LogP contribution in [0.3, 0.4) is 0 Å². The Hall–Kier alpha value is -1.37. The Kier molecular flexibility index (Phi) is 4.50. The third kappa shape index (κ3) is 2.90. The maximum absolute atomic E-state index is 12.9. The van der Waals surface area contributed by atoms with Crippen LogP contribution in [0.4, 0.5) is 13.2 Å². The topological polar surface area (TPSA) is 43.4 Å². The molecule has 0 saturated heterocycles. The minimum atomic E-state index is -4.78. The molecule has 0 fully saturated rings. The predicted molar refractivity (Wildman–Crippen MR) is 61.5 cm³/mol. The Morgan fingerprint density at radius 3 is 2.44 bits per heavy atom. The van der Waals surface area contributed by atoms with Crippen molar-refractivity contribution in [2.75, 3.05) is 12.4 Å². The van der Waals surface area contributed by atoms with Crippen LogP contribution < -0.4 is 4.74 Å². The van der Waals surface area contributed by atoms with Crippen LogP contribution in [-0.4, -0.2) is 24.5 Å². The van der Waals surface area contributed by atoms with Crippen molar-refractivity contribution in [1.82, 2.24) is 0 Å². The summed E-state index contributed by atoms with van der Waals surface area (Å²) in [7, 11) is 1.24. The summed E-state index contributed by atoms with van der Waals surface area (Å²) >= 11 is 2.80. The predicted octanol–water partition coefficient (Wildman–Crippen LogP) is 3.10. The lowest BCUT2D eigenvalue weighted by Crippen LogP contribution is -2.17. The van der Waals surface area contributed by atoms with Crippen LogP contribution in [0.2, 0.25) is 0 Å². The molecular formula is C11H8BrF3O3. The van der Waals surface area contributed by atoms with E-state index < -0.39 is 28.6 Å². The van der Waals surface area contributed by atoms with Crippen LogP contribution in [0.15, 0.2) is 12.1 Å². The fraction of sp³-hybridized carbons (Fsp3) is 0.273. The molecule has 0 amide bonds. The average molecular weight is 325 g/mol. The molecule has 0 N–H and O–H groups in total. The second kappa shape index (κ2) is 5.51. The molecule has 0 heterocycles. The molecule has 1 aromatic carbocycles. The molecular weight excluding hydrogens is 317 g/mol. The summed E-state index contributed by atoms with van der Waals surface area (Å²) in [5.74, 6) is -0.751. The first-order chi connectivity index (χ1) is 8.35. The second-order valence-corrected chi connectivity index (χ2v) is 3.87. The summed E-state index contributed by atoms with van der Waals surface area (Å²) in [5.41, 5.74) is -2.44. The molecule has 0 aliphatic rings. The van der Waals surface area contributed by atoms with Gasteiger partial charge in [0.05, 0.1) is 18.0 Å². The number of ketones is 1. The van der Waals surface area contributed by atoms with Gasteiger partial charge in [0.25, 0.3) is 0 Å². The summed E-state index contributed by atoms with van der Waals surface area (Å²) < 4.78 is 43.3. The van der Waals surface area contributed by atoms with Gasteiger partial charge in [-0.3, -0.25) is 9.59 Å². The number of ether oxygens (including phenoxy) is 1. The standard InChI is InChI=1S/C11H8BrF3O3/c1-18-7-2-6(5-16)10(11(13,14)15)8(3-7)9(17)4-12/h2-3,5H,4H2,1H3. The maximum atomic E-state index is 12.9. The van der Waals surface area contributed by atoms with Crippen LogP contribution in [0.1, 0.15) is 26.3 Å². The summed E-state index contributed by atoms with van der Waals surface area (Å²) in [5, 5.41) is -0.276. The molecule has 0 aromatic heterocycles. The fourth-order valence-electron chi connectivity index (χ4n) is 1.46. The lowest BCUT2D eigenvalue weighted by atomic mass is 9.98. The van der Waals surface area contributed by atoms with Crippen molar-refractivity contribution < 1.29 is 27.5 Å². The molecule has 0 unspecified atom stereocenters. The van der Waals surface area contributed by atoms with E-state index in [1.54, 1.807) is 0 Å². The summed E-state index contributed by atoms with van der Waals surface area (Å²) in [4.78, 5) is 22.2. The highest BCUT2D eigenvalue weighted by Gasteiger charge is 2.38. The van der Waals surface area contributed by atoms with Gasteiger partial charge >= 0.3 is 6.18 Å². The minimum absolute atomic E-state index is 0.0226. The van der Waals surface area contributed by atoms with E-state index in [1.165, 1.54) is 7.11 Å². The number of rotatable bonds is 4. The van der Waals surface area contributed by atoms with Crippen LogP contribution in [0, 0.1) is 0 Å². The highest BCUT2D eigenvalue weighted by Crippen LogP contribution is 2.36. The third-order valence-corrected chi connectivity index (χ3v) is 2.72. The molecule has 0 radical (unpaired) electrons. The highest BCUT2D eigenvalue weighted by molar-refractivity contribution is 9.09. The number of carbonyl (C=O) groups is 2. The lowest BCUT2D eigenvalue weighted by molar-refractivity contribution is -0.138. The van der Waals surface area contributed by atoms with Gasteiger partial charge in [0.1, 0.15) is 5.75 Å². The van der Waals surface area contributed by atoms with Crippen molar-refractivity contribution in [2.45, 2.75) is 6.18 Å². The maximum Gasteiger partial charge on any atom is 0.417 e. The first kappa shape index (κ1) is 14.7. The summed E-state index contributed by atoms with van der Waals surface area (Å²) in [6.07, 6.45) is -4.73. The molecule has 1 rings (SSSR count). The molecule has 0 atom stereocenters. The van der Waals surface area contributed by atoms with Crippen molar-refractivity contribution in [3.05, 3.63) is 28.8 Å². The Labute approximate surface area is 109 Å². The largest absolute Gasteiger partial charge is 0.497 e. The number of halogens is 4. The number of Topliss-reactive ketones (excluding diaryl/α,β-unsaturated/α-hetero) is 1. The monoisotopic (exact) mass is 324 g/mol. The Bertz CT molecular complexity index is 483. The van der Waals surface area contributed by atoms with Crippen LogP contribution in [0.5, 0.6) is 5.75 Å². The zero-order chi connectivity index (χ0) is 13.9. The smallest absolute Gasteiger partial charge is 0.417 e. The third-order valence-electron chi connectivity index (χ3n) is 2.21. The van der Waals surface area contributed by atoms with Crippen LogP contribution in [-0.2, 0) is 6.18 Å². The van der Waals surface area contributed by atoms with Gasteiger partial charge in [-0.25, -0.2) is 0 Å². The molecule has 98 valence electrons. The van der Waals surface area contributed by atoms with Gasteiger partial charge in [-0.1, -0.05) is 15.9 Å². The van der Waals surface area contributed by atoms with Crippen molar-refractivity contribution in [3.8, 4) is 5.75 Å². The van der Waals surface area contributed by atoms with Crippen molar-refractivity contribution in [2.24, 2.45) is 0 Å². The SMILES string of the molecule is COc1cc(C=O)c(C(F)(F)F)c(C(=O)CBr)c1. The van der Waals surface area contributed by atoms with Crippen molar-refractivity contribution >= 4 is 28.0 Å². The zero-order valence-corrected chi connectivity index (χ0v) is 10.8. The van der Waals surface area contributed by atoms with Crippen LogP contribution in [0.25, 0.3) is 0 Å². The molecule has 0 aliphatic carbocycles. The molecule has 3 nitrogen and oxygen atoms in total. The zero-order valence-electron chi connectivity index (χ0n) is 9.18. The quantitative estimate of drug-likeness (QED) is 0.485. The number of alkyl halides is 4. The molecule has 0 saturated carbocycles. The molecule has 0 bridgehead atoms. The van der Waals surface area contributed by atoms with Gasteiger partial charge in [0.2, 0.25) is 0 Å². The van der Waals surface area contributed by atoms with E-state index in [-0.39, 0.29) is 17.4 Å². The Balaban J connectivity index is 3.63. The second-order valence-electron chi connectivity index (χ2n) is 3.31. The number of methoxy groups -OCH3 is 1. The van der Waals surface area contributed by atoms with Gasteiger partial charge in [-0.05, 0) is 12.1 Å². The van der Waals surface area contributed by atoms with E-state index in [9.17, 15) is 22.8 Å². The van der Waals surface area contributed by atoms with Gasteiger partial charge in [0, 0.05) is 11.1 Å². The Morgan fingerprint density at radius 1 is 1.44 bits per heavy atom. The van der Waals surface area contributed by atoms with Gasteiger partial charge in [0.15, 0.2) is 12.1 Å². The van der Waals surface area contributed by atoms with E-state index in [0.29, 0.717) is 0 Å². The Morgan fingerprint density at radius 2 is 2.06 bits per heavy atom. The first-order valence-electron chi connectivity index (χ1n) is 4.68. The van der Waals surface area contributed by atoms with E-state index in [0.717, 1.165) is 12.1 Å². The highest BCUT2D eigenvalue weighted by atomic mass is 79.9. The van der Waals surface area contributed by atoms with Crippen molar-refractivity contribution in [1.29, 1.82) is 0 Å². The van der Waals surface area contributed by atoms with E-state index >= 15 is 0 Å². The first-order valence-corrected chi connectivity index (χ1v) is 5.80. The molecule has 0 spiro atoms. The number of carbonyl (C=O) groups excluding carboxylic acids is 2. The molecule has 18 heavy (non-hydrogen) atoms. The van der Waals surface area contributed by atoms with Gasteiger partial charge < -0.3 is 4.74 Å². The number of hydrogen-bond acceptors (Lipinski definition) is 3. The fourth-order valence-corrected chi connectivity index (χ4v) is 1.76. The molecule has 7 heteroatoms. The minimum Gasteiger partial charge on any atom is -0.497 e. The average Bonchev–Trinajstić information content (AvgIpc) is 2.34. The number of hydrogen-bond donors (Lipinski definition) is 0. The number of benzene rings is 1. The summed E-state index contributed by atoms with van der Waals surface area (Å²) in [6, 6.07) is 1.92. The van der Waals surface area contributed by atoms with E-state index in [4.69, 9.17) is 4.74 Å². The lowest BCUT2D eigenvalue weighted by Gasteiger charge is -2.15. The van der Waals surface area contributed by atoms with Gasteiger partial charge in [-0.2, -0.15) is 13.2 Å². The summed E-state index contributed by atoms with van der Waals surface area (Å²) in [6.45, 7) is 0. The molecule has 0 aliphatic heterocycles. The van der Waals surface area contributed by atoms with Crippen LogP contribution >= 0.6 is 15.9 Å². The number of aldehydes is 1. The molecule has 1 aromatic rings.